The van der Waals surface area contributed by atoms with Gasteiger partial charge in [0.25, 0.3) is 0 Å². The Balaban J connectivity index is 2.58. The highest BCUT2D eigenvalue weighted by molar-refractivity contribution is 7.12. The summed E-state index contributed by atoms with van der Waals surface area (Å²) in [7, 11) is 1.87. The molecule has 0 bridgehead atoms. The second kappa shape index (κ2) is 5.85. The summed E-state index contributed by atoms with van der Waals surface area (Å²) in [5, 5.41) is 0. The van der Waals surface area contributed by atoms with Gasteiger partial charge < -0.3 is 10.6 Å². The molecule has 1 amide bonds. The molecule has 1 aromatic rings. The van der Waals surface area contributed by atoms with Crippen LogP contribution in [0.2, 0.25) is 0 Å². The van der Waals surface area contributed by atoms with Crippen molar-refractivity contribution in [2.75, 3.05) is 7.05 Å². The molecule has 4 heteroatoms. The highest BCUT2D eigenvalue weighted by atomic mass is 32.1. The third-order valence-electron chi connectivity index (χ3n) is 3.13. The number of nitrogens with zero attached hydrogens (tertiary/aromatic N) is 1. The molecule has 0 aliphatic carbocycles. The van der Waals surface area contributed by atoms with Crippen LogP contribution in [0.1, 0.15) is 49.4 Å². The molecule has 2 N–H and O–H groups in total. The summed E-state index contributed by atoms with van der Waals surface area (Å²) in [6, 6.07) is 4.33. The lowest BCUT2D eigenvalue weighted by atomic mass is 9.99. The molecule has 18 heavy (non-hydrogen) atoms. The highest BCUT2D eigenvalue weighted by Gasteiger charge is 2.20. The van der Waals surface area contributed by atoms with Crippen molar-refractivity contribution in [3.05, 3.63) is 21.9 Å². The van der Waals surface area contributed by atoms with E-state index in [0.29, 0.717) is 12.8 Å². The predicted molar refractivity (Wildman–Crippen MR) is 77.7 cm³/mol. The molecular weight excluding hydrogens is 244 g/mol. The second-order valence-corrected chi connectivity index (χ2v) is 6.94. The van der Waals surface area contributed by atoms with E-state index in [4.69, 9.17) is 5.73 Å². The van der Waals surface area contributed by atoms with Crippen molar-refractivity contribution in [3.8, 4) is 0 Å². The molecule has 3 nitrogen and oxygen atoms in total. The Morgan fingerprint density at radius 1 is 1.50 bits per heavy atom. The van der Waals surface area contributed by atoms with Crippen LogP contribution >= 0.6 is 11.3 Å². The zero-order valence-electron chi connectivity index (χ0n) is 12.0. The average molecular weight is 268 g/mol. The largest absolute Gasteiger partial charge is 0.338 e. The van der Waals surface area contributed by atoms with Gasteiger partial charge in [-0.15, -0.1) is 11.3 Å². The molecule has 0 aromatic carbocycles. The minimum Gasteiger partial charge on any atom is -0.338 e. The molecule has 0 aliphatic rings. The number of rotatable bonds is 5. The first kappa shape index (κ1) is 15.2. The van der Waals surface area contributed by atoms with Crippen LogP contribution in [0.5, 0.6) is 0 Å². The van der Waals surface area contributed by atoms with E-state index >= 15 is 0 Å². The maximum absolute atomic E-state index is 12.1. The van der Waals surface area contributed by atoms with Crippen LogP contribution in [0.3, 0.4) is 0 Å². The molecule has 1 rings (SSSR count). The molecule has 0 saturated heterocycles. The number of amides is 1. The van der Waals surface area contributed by atoms with Gasteiger partial charge in [0.2, 0.25) is 5.91 Å². The van der Waals surface area contributed by atoms with E-state index in [1.165, 1.54) is 9.75 Å². The average Bonchev–Trinajstić information content (AvgIpc) is 2.69. The zero-order chi connectivity index (χ0) is 13.9. The topological polar surface area (TPSA) is 46.3 Å². The third-order valence-corrected chi connectivity index (χ3v) is 4.30. The van der Waals surface area contributed by atoms with Crippen molar-refractivity contribution >= 4 is 17.2 Å². The smallest absolute Gasteiger partial charge is 0.222 e. The van der Waals surface area contributed by atoms with Crippen LogP contribution in [0.4, 0.5) is 0 Å². The summed E-state index contributed by atoms with van der Waals surface area (Å²) < 4.78 is 0. The fourth-order valence-corrected chi connectivity index (χ4v) is 2.66. The van der Waals surface area contributed by atoms with Crippen molar-refractivity contribution in [2.45, 2.75) is 52.1 Å². The normalized spacial score (nSPS) is 13.4. The van der Waals surface area contributed by atoms with Gasteiger partial charge in [0.05, 0.1) is 6.04 Å². The summed E-state index contributed by atoms with van der Waals surface area (Å²) in [4.78, 5) is 16.4. The van der Waals surface area contributed by atoms with Crippen molar-refractivity contribution < 1.29 is 4.79 Å². The number of thiophene rings is 1. The predicted octanol–water partition coefficient (Wildman–Crippen LogP) is 3.09. The van der Waals surface area contributed by atoms with E-state index in [9.17, 15) is 4.79 Å². The second-order valence-electron chi connectivity index (χ2n) is 5.62. The van der Waals surface area contributed by atoms with Gasteiger partial charge in [-0.3, -0.25) is 4.79 Å². The fraction of sp³-hybridized carbons (Fsp3) is 0.643. The number of hydrogen-bond acceptors (Lipinski definition) is 3. The Bertz CT molecular complexity index is 406. The molecule has 1 unspecified atom stereocenters. The standard InChI is InChI=1S/C14H24N2OS/c1-10-6-7-12(18-10)11(2)16(5)13(17)8-9-14(3,4)15/h6-7,11H,8-9,15H2,1-5H3. The Labute approximate surface area is 114 Å². The van der Waals surface area contributed by atoms with Gasteiger partial charge in [0.15, 0.2) is 0 Å². The Kier molecular flexibility index (Phi) is 4.93. The van der Waals surface area contributed by atoms with E-state index in [2.05, 4.69) is 26.0 Å². The lowest BCUT2D eigenvalue weighted by molar-refractivity contribution is -0.132. The Morgan fingerprint density at radius 2 is 2.11 bits per heavy atom. The van der Waals surface area contributed by atoms with E-state index in [-0.39, 0.29) is 17.5 Å². The lowest BCUT2D eigenvalue weighted by Gasteiger charge is -2.26. The molecule has 1 heterocycles. The minimum absolute atomic E-state index is 0.136. The first-order chi connectivity index (χ1) is 8.20. The Morgan fingerprint density at radius 3 is 2.56 bits per heavy atom. The van der Waals surface area contributed by atoms with Crippen molar-refractivity contribution in [1.82, 2.24) is 4.90 Å². The lowest BCUT2D eigenvalue weighted by Crippen LogP contribution is -2.35. The zero-order valence-corrected chi connectivity index (χ0v) is 12.8. The van der Waals surface area contributed by atoms with Crippen molar-refractivity contribution in [2.24, 2.45) is 5.73 Å². The van der Waals surface area contributed by atoms with E-state index in [0.717, 1.165) is 0 Å². The van der Waals surface area contributed by atoms with Crippen LogP contribution in [-0.2, 0) is 4.79 Å². The molecule has 0 radical (unpaired) electrons. The van der Waals surface area contributed by atoms with Crippen molar-refractivity contribution in [3.63, 3.8) is 0 Å². The SMILES string of the molecule is Cc1ccc(C(C)N(C)C(=O)CCC(C)(C)N)s1. The molecular formula is C14H24N2OS. The summed E-state index contributed by atoms with van der Waals surface area (Å²) in [6.07, 6.45) is 1.22. The van der Waals surface area contributed by atoms with E-state index < -0.39 is 0 Å². The van der Waals surface area contributed by atoms with Gasteiger partial charge in [-0.05, 0) is 46.2 Å². The Hall–Kier alpha value is -0.870. The maximum atomic E-state index is 12.1. The molecule has 0 spiro atoms. The molecule has 102 valence electrons. The van der Waals surface area contributed by atoms with Crippen molar-refractivity contribution in [1.29, 1.82) is 0 Å². The number of carbonyl (C=O) groups is 1. The number of aryl methyl sites for hydroxylation is 1. The highest BCUT2D eigenvalue weighted by Crippen LogP contribution is 2.27. The number of carbonyl (C=O) groups excluding carboxylic acids is 1. The first-order valence-corrected chi connectivity index (χ1v) is 7.13. The van der Waals surface area contributed by atoms with Gasteiger partial charge in [-0.1, -0.05) is 0 Å². The van der Waals surface area contributed by atoms with Crippen LogP contribution in [0.25, 0.3) is 0 Å². The maximum Gasteiger partial charge on any atom is 0.222 e. The quantitative estimate of drug-likeness (QED) is 0.892. The number of nitrogens with two attached hydrogens (primary N) is 1. The molecule has 0 fully saturated rings. The minimum atomic E-state index is -0.279. The molecule has 0 saturated carbocycles. The summed E-state index contributed by atoms with van der Waals surface area (Å²) in [5.74, 6) is 0.159. The fourth-order valence-electron chi connectivity index (χ4n) is 1.69. The van der Waals surface area contributed by atoms with Gasteiger partial charge in [-0.25, -0.2) is 0 Å². The monoisotopic (exact) mass is 268 g/mol. The molecule has 1 aromatic heterocycles. The van der Waals surface area contributed by atoms with Gasteiger partial charge in [0.1, 0.15) is 0 Å². The van der Waals surface area contributed by atoms with E-state index in [1.54, 1.807) is 11.3 Å². The van der Waals surface area contributed by atoms with E-state index in [1.807, 2.05) is 25.8 Å². The van der Waals surface area contributed by atoms with Crippen LogP contribution in [-0.4, -0.2) is 23.4 Å². The summed E-state index contributed by atoms with van der Waals surface area (Å²) in [5.41, 5.74) is 5.63. The number of hydrogen-bond donors (Lipinski definition) is 1. The van der Waals surface area contributed by atoms with Gasteiger partial charge in [0, 0.05) is 28.8 Å². The molecule has 0 aliphatic heterocycles. The van der Waals surface area contributed by atoms with Gasteiger partial charge >= 0.3 is 0 Å². The first-order valence-electron chi connectivity index (χ1n) is 6.31. The van der Waals surface area contributed by atoms with Crippen LogP contribution in [0.15, 0.2) is 12.1 Å². The van der Waals surface area contributed by atoms with Crippen LogP contribution < -0.4 is 5.73 Å². The summed E-state index contributed by atoms with van der Waals surface area (Å²) >= 11 is 1.75. The molecule has 1 atom stereocenters. The summed E-state index contributed by atoms with van der Waals surface area (Å²) in [6.45, 7) is 8.05. The van der Waals surface area contributed by atoms with Crippen LogP contribution in [0, 0.1) is 6.92 Å². The van der Waals surface area contributed by atoms with Gasteiger partial charge in [-0.2, -0.15) is 0 Å². The third kappa shape index (κ3) is 4.42.